The first-order valence-electron chi connectivity index (χ1n) is 18.2. The van der Waals surface area contributed by atoms with Crippen LogP contribution in [0.25, 0.3) is 6.08 Å². The minimum Gasteiger partial charge on any atom is -0.490 e. The van der Waals surface area contributed by atoms with Crippen molar-refractivity contribution >= 4 is 74.4 Å². The van der Waals surface area contributed by atoms with Crippen molar-refractivity contribution in [2.45, 2.75) is 38.2 Å². The van der Waals surface area contributed by atoms with Gasteiger partial charge in [-0.15, -0.1) is 0 Å². The van der Waals surface area contributed by atoms with Crippen LogP contribution in [0.1, 0.15) is 65.0 Å². The lowest BCUT2D eigenvalue weighted by molar-refractivity contribution is -0.122. The van der Waals surface area contributed by atoms with E-state index in [-0.39, 0.29) is 24.0 Å². The summed E-state index contributed by atoms with van der Waals surface area (Å²) in [6, 6.07) is 32.5. The zero-order valence-corrected chi connectivity index (χ0v) is 33.0. The number of rotatable bonds is 9. The molecule has 0 aromatic heterocycles. The number of anilines is 2. The number of ether oxygens (including phenoxy) is 2. The van der Waals surface area contributed by atoms with Gasteiger partial charge in [-0.25, -0.2) is 9.69 Å². The quantitative estimate of drug-likeness (QED) is 0.118. The van der Waals surface area contributed by atoms with Gasteiger partial charge in [0.05, 0.1) is 26.8 Å². The van der Waals surface area contributed by atoms with Crippen LogP contribution in [0, 0.1) is 0 Å². The van der Waals surface area contributed by atoms with E-state index < -0.39 is 17.8 Å². The van der Waals surface area contributed by atoms with E-state index in [4.69, 9.17) is 32.7 Å². The summed E-state index contributed by atoms with van der Waals surface area (Å²) in [5.41, 5.74) is 7.17. The second-order valence-electron chi connectivity index (χ2n) is 13.7. The smallest absolute Gasteiger partial charge is 0.335 e. The van der Waals surface area contributed by atoms with Crippen LogP contribution in [0.2, 0.25) is 10.0 Å². The van der Waals surface area contributed by atoms with Crippen molar-refractivity contribution in [2.75, 3.05) is 29.5 Å². The molecule has 0 unspecified atom stereocenters. The first-order valence-corrected chi connectivity index (χ1v) is 19.7. The summed E-state index contributed by atoms with van der Waals surface area (Å²) in [5, 5.41) is 3.29. The number of benzene rings is 5. The number of hydrogen-bond acceptors (Lipinski definition) is 6. The van der Waals surface area contributed by atoms with E-state index in [1.807, 2.05) is 61.5 Å². The molecule has 11 heteroatoms. The number of barbiturate groups is 1. The molecule has 278 valence electrons. The van der Waals surface area contributed by atoms with Crippen LogP contribution < -0.4 is 24.6 Å². The molecule has 2 atom stereocenters. The Bertz CT molecular complexity index is 2280. The van der Waals surface area contributed by atoms with Gasteiger partial charge in [0.25, 0.3) is 11.8 Å². The highest BCUT2D eigenvalue weighted by Gasteiger charge is 2.40. The van der Waals surface area contributed by atoms with Crippen LogP contribution >= 0.6 is 39.1 Å². The van der Waals surface area contributed by atoms with Crippen molar-refractivity contribution in [1.82, 2.24) is 5.32 Å². The summed E-state index contributed by atoms with van der Waals surface area (Å²) in [5.74, 6) is -0.540. The van der Waals surface area contributed by atoms with Gasteiger partial charge in [0, 0.05) is 30.6 Å². The highest BCUT2D eigenvalue weighted by Crippen LogP contribution is 2.50. The molecular formula is C44H36BrCl2N3O5. The minimum absolute atomic E-state index is 0.0621. The van der Waals surface area contributed by atoms with Gasteiger partial charge in [0.2, 0.25) is 0 Å². The predicted octanol–water partition coefficient (Wildman–Crippen LogP) is 10.3. The Hall–Kier alpha value is -5.09. The molecule has 8 nitrogen and oxygen atoms in total. The van der Waals surface area contributed by atoms with Crippen LogP contribution in [0.15, 0.2) is 113 Å². The lowest BCUT2D eigenvalue weighted by Gasteiger charge is -2.44. The maximum Gasteiger partial charge on any atom is 0.335 e. The van der Waals surface area contributed by atoms with Gasteiger partial charge >= 0.3 is 6.03 Å². The Morgan fingerprint density at radius 2 is 1.44 bits per heavy atom. The van der Waals surface area contributed by atoms with E-state index in [1.165, 1.54) is 17.2 Å². The van der Waals surface area contributed by atoms with Crippen molar-refractivity contribution in [3.63, 3.8) is 0 Å². The number of imide groups is 2. The number of urea groups is 1. The van der Waals surface area contributed by atoms with E-state index in [2.05, 4.69) is 50.4 Å². The summed E-state index contributed by atoms with van der Waals surface area (Å²) < 4.78 is 12.6. The average molecular weight is 838 g/mol. The maximum absolute atomic E-state index is 14.5. The summed E-state index contributed by atoms with van der Waals surface area (Å²) in [4.78, 5) is 45.1. The molecule has 0 radical (unpaired) electrons. The maximum atomic E-state index is 14.5. The summed E-state index contributed by atoms with van der Waals surface area (Å²) in [6.45, 7) is 4.18. The van der Waals surface area contributed by atoms with Crippen LogP contribution in [-0.4, -0.2) is 37.5 Å². The largest absolute Gasteiger partial charge is 0.490 e. The molecule has 0 aliphatic carbocycles. The summed E-state index contributed by atoms with van der Waals surface area (Å²) in [6.07, 6.45) is 3.25. The summed E-state index contributed by atoms with van der Waals surface area (Å²) in [7, 11) is 0. The molecule has 8 rings (SSSR count). The number of amides is 4. The molecule has 3 aliphatic heterocycles. The summed E-state index contributed by atoms with van der Waals surface area (Å²) >= 11 is 15.9. The number of carbonyl (C=O) groups excluding carboxylic acids is 3. The number of nitrogens with one attached hydrogen (secondary N) is 1. The second kappa shape index (κ2) is 15.6. The van der Waals surface area contributed by atoms with E-state index in [9.17, 15) is 14.4 Å². The zero-order valence-electron chi connectivity index (χ0n) is 29.9. The van der Waals surface area contributed by atoms with Gasteiger partial charge in [0.1, 0.15) is 12.2 Å². The molecule has 0 spiro atoms. The van der Waals surface area contributed by atoms with Gasteiger partial charge in [-0.1, -0.05) is 89.9 Å². The zero-order chi connectivity index (χ0) is 38.2. The van der Waals surface area contributed by atoms with Gasteiger partial charge in [-0.2, -0.15) is 0 Å². The van der Waals surface area contributed by atoms with Gasteiger partial charge in [-0.05, 0) is 112 Å². The molecule has 0 bridgehead atoms. The van der Waals surface area contributed by atoms with Crippen molar-refractivity contribution < 1.29 is 23.9 Å². The van der Waals surface area contributed by atoms with E-state index in [1.54, 1.807) is 24.3 Å². The molecule has 3 aliphatic rings. The van der Waals surface area contributed by atoms with Gasteiger partial charge in [0.15, 0.2) is 11.5 Å². The standard InChI is InChI=1S/C44H36BrCl2N3O5/c1-2-54-39-22-27(20-36(45)41(39)55-25-26-13-14-37(46)38(47)21-26)19-35-42(51)48-44(53)50(43(35)52)30-23-33-31(28-9-5-3-6-10-28)15-17-49-18-16-32(34(24-30)40(33)49)29-11-7-4-8-12-29/h3-14,19-24,31-32H,2,15-18,25H2,1H3,(H,48,51,53)/b35-19+/t31-,32-/m1/s1. The molecule has 3 heterocycles. The molecule has 55 heavy (non-hydrogen) atoms. The molecular weight excluding hydrogens is 801 g/mol. The molecule has 4 amide bonds. The SMILES string of the molecule is CCOc1cc(/C=C2\C(=O)NC(=O)N(c3cc4c5c(c3)[C@@H](c3ccccc3)CCN5CC[C@@H]4c3ccccc3)C2=O)cc(Br)c1OCc1ccc(Cl)c(Cl)c1. The minimum atomic E-state index is -0.794. The average Bonchev–Trinajstić information content (AvgIpc) is 3.18. The third-order valence-electron chi connectivity index (χ3n) is 10.4. The monoisotopic (exact) mass is 835 g/mol. The highest BCUT2D eigenvalue weighted by atomic mass is 79.9. The normalized spacial score (nSPS) is 18.6. The van der Waals surface area contributed by atoms with Crippen molar-refractivity contribution in [3.05, 3.63) is 157 Å². The van der Waals surface area contributed by atoms with Crippen LogP contribution in [-0.2, 0) is 16.2 Å². The third-order valence-corrected chi connectivity index (χ3v) is 11.7. The first-order chi connectivity index (χ1) is 26.7. The molecule has 0 saturated carbocycles. The predicted molar refractivity (Wildman–Crippen MR) is 220 cm³/mol. The van der Waals surface area contributed by atoms with Crippen molar-refractivity contribution in [3.8, 4) is 11.5 Å². The Labute approximate surface area is 337 Å². The lowest BCUT2D eigenvalue weighted by atomic mass is 9.76. The Kier molecular flexibility index (Phi) is 10.4. The fraction of sp³-hybridized carbons (Fsp3) is 0.205. The van der Waals surface area contributed by atoms with Crippen LogP contribution in [0.3, 0.4) is 0 Å². The first kappa shape index (κ1) is 36.9. The van der Waals surface area contributed by atoms with E-state index in [0.717, 1.165) is 53.2 Å². The van der Waals surface area contributed by atoms with Gasteiger partial charge in [-0.3, -0.25) is 14.9 Å². The Morgan fingerprint density at radius 1 is 0.800 bits per heavy atom. The van der Waals surface area contributed by atoms with E-state index in [0.29, 0.717) is 43.9 Å². The van der Waals surface area contributed by atoms with Crippen LogP contribution in [0.5, 0.6) is 11.5 Å². The Balaban J connectivity index is 1.18. The lowest BCUT2D eigenvalue weighted by Crippen LogP contribution is -2.54. The number of halogens is 3. The van der Waals surface area contributed by atoms with E-state index >= 15 is 0 Å². The Morgan fingerprint density at radius 3 is 2.04 bits per heavy atom. The fourth-order valence-electron chi connectivity index (χ4n) is 7.89. The molecule has 1 fully saturated rings. The van der Waals surface area contributed by atoms with Crippen molar-refractivity contribution in [1.29, 1.82) is 0 Å². The third kappa shape index (κ3) is 7.24. The number of nitrogens with zero attached hydrogens (tertiary/aromatic N) is 2. The fourth-order valence-corrected chi connectivity index (χ4v) is 8.78. The second-order valence-corrected chi connectivity index (χ2v) is 15.4. The molecule has 5 aromatic carbocycles. The molecule has 1 N–H and O–H groups in total. The van der Waals surface area contributed by atoms with Gasteiger partial charge < -0.3 is 14.4 Å². The van der Waals surface area contributed by atoms with Crippen molar-refractivity contribution in [2.24, 2.45) is 0 Å². The number of carbonyl (C=O) groups is 3. The van der Waals surface area contributed by atoms with Crippen LogP contribution in [0.4, 0.5) is 16.2 Å². The highest BCUT2D eigenvalue weighted by molar-refractivity contribution is 9.10. The topological polar surface area (TPSA) is 88.2 Å². The number of hydrogen-bond donors (Lipinski definition) is 1. The molecule has 1 saturated heterocycles. The molecule has 5 aromatic rings.